The van der Waals surface area contributed by atoms with Crippen LogP contribution in [0.15, 0.2) is 22.6 Å². The largest absolute Gasteiger partial charge is 0.441 e. The lowest BCUT2D eigenvalue weighted by atomic mass is 10.1. The highest BCUT2D eigenvalue weighted by atomic mass is 16.3. The van der Waals surface area contributed by atoms with E-state index in [1.54, 1.807) is 0 Å². The predicted molar refractivity (Wildman–Crippen MR) is 76.1 cm³/mol. The summed E-state index contributed by atoms with van der Waals surface area (Å²) in [6.07, 6.45) is 1.30. The van der Waals surface area contributed by atoms with E-state index in [-0.39, 0.29) is 0 Å². The second kappa shape index (κ2) is 5.31. The molecule has 0 saturated carbocycles. The summed E-state index contributed by atoms with van der Waals surface area (Å²) in [5.41, 5.74) is 3.13. The molecule has 0 spiro atoms. The van der Waals surface area contributed by atoms with E-state index >= 15 is 0 Å². The first-order valence-electron chi connectivity index (χ1n) is 6.96. The fraction of sp³-hybridized carbons (Fsp3) is 0.533. The van der Waals surface area contributed by atoms with Gasteiger partial charge in [0.15, 0.2) is 11.5 Å². The maximum absolute atomic E-state index is 5.58. The molecular weight excluding hydrogens is 238 g/mol. The summed E-state index contributed by atoms with van der Waals surface area (Å²) in [7, 11) is 2.19. The minimum atomic E-state index is 0.734. The Balaban J connectivity index is 1.66. The zero-order valence-corrected chi connectivity index (χ0v) is 11.6. The topological polar surface area (TPSA) is 41.3 Å². The molecule has 1 fully saturated rings. The van der Waals surface area contributed by atoms with Crippen LogP contribution in [0.25, 0.3) is 11.1 Å². The van der Waals surface area contributed by atoms with Gasteiger partial charge in [-0.25, -0.2) is 4.98 Å². The second-order valence-corrected chi connectivity index (χ2v) is 5.59. The third-order valence-corrected chi connectivity index (χ3v) is 3.74. The zero-order chi connectivity index (χ0) is 13.2. The van der Waals surface area contributed by atoms with Crippen LogP contribution in [0.2, 0.25) is 0 Å². The van der Waals surface area contributed by atoms with Crippen molar-refractivity contribution in [2.24, 2.45) is 5.92 Å². The molecule has 0 bridgehead atoms. The van der Waals surface area contributed by atoms with E-state index in [2.05, 4.69) is 34.4 Å². The maximum Gasteiger partial charge on any atom is 0.192 e. The fourth-order valence-electron chi connectivity index (χ4n) is 2.87. The van der Waals surface area contributed by atoms with Crippen molar-refractivity contribution in [2.75, 3.05) is 26.7 Å². The van der Waals surface area contributed by atoms with Gasteiger partial charge in [0, 0.05) is 20.0 Å². The van der Waals surface area contributed by atoms with E-state index in [1.165, 1.54) is 18.5 Å². The summed E-state index contributed by atoms with van der Waals surface area (Å²) in [4.78, 5) is 6.72. The molecule has 1 aromatic heterocycles. The molecule has 2 heterocycles. The number of nitrogens with one attached hydrogen (secondary N) is 1. The molecule has 1 N–H and O–H groups in total. The van der Waals surface area contributed by atoms with Gasteiger partial charge in [-0.3, -0.25) is 0 Å². The number of oxazole rings is 1. The maximum atomic E-state index is 5.58. The standard InChI is InChI=1S/C15H21N3O/c1-11-17-14-4-3-12(7-15(14)19-11)9-18(2)10-13-5-6-16-8-13/h3-4,7,13,16H,5-6,8-10H2,1-2H3. The molecule has 1 atom stereocenters. The van der Waals surface area contributed by atoms with Crippen LogP contribution in [0.5, 0.6) is 0 Å². The number of hydrogen-bond acceptors (Lipinski definition) is 4. The first-order valence-corrected chi connectivity index (χ1v) is 6.96. The SMILES string of the molecule is Cc1nc2ccc(CN(C)CC3CCNC3)cc2o1. The Labute approximate surface area is 113 Å². The molecule has 0 aliphatic carbocycles. The Hall–Kier alpha value is -1.39. The molecule has 102 valence electrons. The van der Waals surface area contributed by atoms with Crippen LogP contribution >= 0.6 is 0 Å². The van der Waals surface area contributed by atoms with Crippen LogP contribution < -0.4 is 5.32 Å². The molecule has 2 aromatic rings. The Morgan fingerprint density at radius 3 is 3.16 bits per heavy atom. The summed E-state index contributed by atoms with van der Waals surface area (Å²) in [6, 6.07) is 6.30. The van der Waals surface area contributed by atoms with Gasteiger partial charge in [-0.1, -0.05) is 6.07 Å². The monoisotopic (exact) mass is 259 g/mol. The van der Waals surface area contributed by atoms with E-state index in [4.69, 9.17) is 4.42 Å². The van der Waals surface area contributed by atoms with Crippen LogP contribution in [0, 0.1) is 12.8 Å². The first-order chi connectivity index (χ1) is 9.20. The molecule has 4 heteroatoms. The summed E-state index contributed by atoms with van der Waals surface area (Å²) in [5.74, 6) is 1.53. The molecular formula is C15H21N3O. The number of fused-ring (bicyclic) bond motifs is 1. The third-order valence-electron chi connectivity index (χ3n) is 3.74. The number of benzene rings is 1. The average Bonchev–Trinajstić information content (AvgIpc) is 2.96. The highest BCUT2D eigenvalue weighted by Gasteiger charge is 2.16. The Bertz CT molecular complexity index is 558. The van der Waals surface area contributed by atoms with Gasteiger partial charge < -0.3 is 14.6 Å². The van der Waals surface area contributed by atoms with Gasteiger partial charge in [-0.2, -0.15) is 0 Å². The molecule has 1 saturated heterocycles. The lowest BCUT2D eigenvalue weighted by Crippen LogP contribution is -2.26. The van der Waals surface area contributed by atoms with Crippen molar-refractivity contribution >= 4 is 11.1 Å². The van der Waals surface area contributed by atoms with Crippen molar-refractivity contribution in [3.63, 3.8) is 0 Å². The van der Waals surface area contributed by atoms with Crippen molar-refractivity contribution in [3.8, 4) is 0 Å². The quantitative estimate of drug-likeness (QED) is 0.913. The van der Waals surface area contributed by atoms with Gasteiger partial charge in [0.05, 0.1) is 0 Å². The van der Waals surface area contributed by atoms with Crippen LogP contribution in [-0.2, 0) is 6.54 Å². The van der Waals surface area contributed by atoms with E-state index in [0.29, 0.717) is 0 Å². The molecule has 1 aliphatic heterocycles. The molecule has 0 amide bonds. The third kappa shape index (κ3) is 2.96. The average molecular weight is 259 g/mol. The first kappa shape index (κ1) is 12.6. The van der Waals surface area contributed by atoms with E-state index in [0.717, 1.165) is 42.5 Å². The molecule has 19 heavy (non-hydrogen) atoms. The molecule has 1 aromatic carbocycles. The van der Waals surface area contributed by atoms with Gasteiger partial charge in [-0.05, 0) is 50.2 Å². The molecule has 1 unspecified atom stereocenters. The highest BCUT2D eigenvalue weighted by molar-refractivity contribution is 5.73. The summed E-state index contributed by atoms with van der Waals surface area (Å²) in [6.45, 7) is 6.33. The van der Waals surface area contributed by atoms with E-state index in [9.17, 15) is 0 Å². The minimum absolute atomic E-state index is 0.734. The smallest absolute Gasteiger partial charge is 0.192 e. The number of aromatic nitrogens is 1. The normalized spacial score (nSPS) is 19.6. The van der Waals surface area contributed by atoms with E-state index in [1.807, 2.05) is 13.0 Å². The van der Waals surface area contributed by atoms with E-state index < -0.39 is 0 Å². The number of aryl methyl sites for hydroxylation is 1. The number of nitrogens with zero attached hydrogens (tertiary/aromatic N) is 2. The van der Waals surface area contributed by atoms with Gasteiger partial charge in [-0.15, -0.1) is 0 Å². The lowest BCUT2D eigenvalue weighted by molar-refractivity contribution is 0.278. The predicted octanol–water partition coefficient (Wildman–Crippen LogP) is 2.18. The fourth-order valence-corrected chi connectivity index (χ4v) is 2.87. The molecule has 3 rings (SSSR count). The summed E-state index contributed by atoms with van der Waals surface area (Å²) < 4.78 is 5.58. The van der Waals surface area contributed by atoms with Crippen LogP contribution in [0.4, 0.5) is 0 Å². The van der Waals surface area contributed by atoms with Crippen LogP contribution in [0.3, 0.4) is 0 Å². The Morgan fingerprint density at radius 2 is 2.37 bits per heavy atom. The Morgan fingerprint density at radius 1 is 1.47 bits per heavy atom. The second-order valence-electron chi connectivity index (χ2n) is 5.59. The van der Waals surface area contributed by atoms with Crippen molar-refractivity contribution in [3.05, 3.63) is 29.7 Å². The van der Waals surface area contributed by atoms with Gasteiger partial charge in [0.25, 0.3) is 0 Å². The van der Waals surface area contributed by atoms with Crippen molar-refractivity contribution in [2.45, 2.75) is 19.9 Å². The molecule has 4 nitrogen and oxygen atoms in total. The van der Waals surface area contributed by atoms with Crippen molar-refractivity contribution < 1.29 is 4.42 Å². The number of rotatable bonds is 4. The van der Waals surface area contributed by atoms with Crippen molar-refractivity contribution in [1.82, 2.24) is 15.2 Å². The zero-order valence-electron chi connectivity index (χ0n) is 11.6. The van der Waals surface area contributed by atoms with Crippen LogP contribution in [0.1, 0.15) is 17.9 Å². The van der Waals surface area contributed by atoms with Gasteiger partial charge in [0.1, 0.15) is 5.52 Å². The highest BCUT2D eigenvalue weighted by Crippen LogP contribution is 2.18. The van der Waals surface area contributed by atoms with Crippen molar-refractivity contribution in [1.29, 1.82) is 0 Å². The van der Waals surface area contributed by atoms with Gasteiger partial charge in [0.2, 0.25) is 0 Å². The lowest BCUT2D eigenvalue weighted by Gasteiger charge is -2.20. The summed E-state index contributed by atoms with van der Waals surface area (Å²) in [5, 5.41) is 3.42. The number of hydrogen-bond donors (Lipinski definition) is 1. The molecule has 1 aliphatic rings. The van der Waals surface area contributed by atoms with Crippen LogP contribution in [-0.4, -0.2) is 36.6 Å². The van der Waals surface area contributed by atoms with Gasteiger partial charge >= 0.3 is 0 Å². The Kier molecular flexibility index (Phi) is 3.53. The minimum Gasteiger partial charge on any atom is -0.441 e. The molecule has 0 radical (unpaired) electrons. The summed E-state index contributed by atoms with van der Waals surface area (Å²) >= 11 is 0.